The van der Waals surface area contributed by atoms with Crippen LogP contribution in [0.15, 0.2) is 36.4 Å². The molecule has 2 aromatic rings. The Hall–Kier alpha value is -3.17. The van der Waals surface area contributed by atoms with Gasteiger partial charge >= 0.3 is 6.09 Å². The molecule has 4 aliphatic rings. The molecular weight excluding hydrogens is 492 g/mol. The molecule has 3 aliphatic heterocycles. The summed E-state index contributed by atoms with van der Waals surface area (Å²) < 4.78 is 34.5. The zero-order chi connectivity index (χ0) is 26.3. The maximum absolute atomic E-state index is 13.5. The third-order valence-corrected chi connectivity index (χ3v) is 8.65. The molecule has 38 heavy (non-hydrogen) atoms. The SMILES string of the molecule is O=C(CC1CCC(F)(F)CC1)N1CCn2nc(N3C4CCC3CN(C(=O)OCc3ccccc3)C4)cc2C1. The number of benzene rings is 1. The van der Waals surface area contributed by atoms with Crippen molar-refractivity contribution in [3.05, 3.63) is 47.7 Å². The first-order valence-electron chi connectivity index (χ1n) is 13.8. The van der Waals surface area contributed by atoms with Crippen molar-refractivity contribution < 1.29 is 23.1 Å². The van der Waals surface area contributed by atoms with Gasteiger partial charge in [-0.05, 0) is 37.2 Å². The monoisotopic (exact) mass is 527 g/mol. The van der Waals surface area contributed by atoms with Gasteiger partial charge in [0.2, 0.25) is 11.8 Å². The van der Waals surface area contributed by atoms with Gasteiger partial charge in [-0.25, -0.2) is 13.6 Å². The molecule has 10 heteroatoms. The van der Waals surface area contributed by atoms with Crippen LogP contribution in [0.5, 0.6) is 0 Å². The minimum absolute atomic E-state index is 0.0517. The molecule has 8 nitrogen and oxygen atoms in total. The van der Waals surface area contributed by atoms with E-state index >= 15 is 0 Å². The molecule has 3 fully saturated rings. The van der Waals surface area contributed by atoms with Gasteiger partial charge in [0.15, 0.2) is 5.82 Å². The summed E-state index contributed by atoms with van der Waals surface area (Å²) in [6.45, 7) is 3.20. The first kappa shape index (κ1) is 25.1. The smallest absolute Gasteiger partial charge is 0.410 e. The van der Waals surface area contributed by atoms with Crippen LogP contribution in [0.3, 0.4) is 0 Å². The van der Waals surface area contributed by atoms with Gasteiger partial charge in [0.1, 0.15) is 6.61 Å². The van der Waals surface area contributed by atoms with Crippen LogP contribution in [0.25, 0.3) is 0 Å². The van der Waals surface area contributed by atoms with Gasteiger partial charge in [-0.15, -0.1) is 0 Å². The third-order valence-electron chi connectivity index (χ3n) is 8.65. The van der Waals surface area contributed by atoms with Crippen LogP contribution in [0, 0.1) is 5.92 Å². The van der Waals surface area contributed by atoms with E-state index < -0.39 is 5.92 Å². The normalized spacial score (nSPS) is 24.8. The largest absolute Gasteiger partial charge is 0.445 e. The summed E-state index contributed by atoms with van der Waals surface area (Å²) in [5.41, 5.74) is 1.97. The minimum Gasteiger partial charge on any atom is -0.445 e. The van der Waals surface area contributed by atoms with Crippen molar-refractivity contribution >= 4 is 17.8 Å². The molecule has 6 rings (SSSR count). The summed E-state index contributed by atoms with van der Waals surface area (Å²) in [6, 6.07) is 12.2. The van der Waals surface area contributed by atoms with Crippen molar-refractivity contribution in [2.75, 3.05) is 24.5 Å². The Morgan fingerprint density at radius 1 is 0.974 bits per heavy atom. The summed E-state index contributed by atoms with van der Waals surface area (Å²) in [5.74, 6) is -1.55. The van der Waals surface area contributed by atoms with E-state index in [0.717, 1.165) is 29.9 Å². The fourth-order valence-electron chi connectivity index (χ4n) is 6.51. The molecule has 1 aliphatic carbocycles. The summed E-state index contributed by atoms with van der Waals surface area (Å²) in [4.78, 5) is 31.7. The molecule has 0 spiro atoms. The molecule has 2 bridgehead atoms. The number of ether oxygens (including phenoxy) is 1. The number of amides is 2. The Labute approximate surface area is 221 Å². The van der Waals surface area contributed by atoms with E-state index in [1.807, 2.05) is 44.8 Å². The molecule has 2 atom stereocenters. The van der Waals surface area contributed by atoms with Gasteiger partial charge in [-0.3, -0.25) is 9.48 Å². The Kier molecular flexibility index (Phi) is 6.74. The highest BCUT2D eigenvalue weighted by Gasteiger charge is 2.43. The lowest BCUT2D eigenvalue weighted by Gasteiger charge is -2.40. The molecule has 1 aromatic carbocycles. The Bertz CT molecular complexity index is 1150. The first-order chi connectivity index (χ1) is 18.3. The number of halogens is 2. The van der Waals surface area contributed by atoms with Crippen molar-refractivity contribution in [1.82, 2.24) is 19.6 Å². The van der Waals surface area contributed by atoms with Crippen LogP contribution in [-0.2, 0) is 29.2 Å². The number of anilines is 1. The van der Waals surface area contributed by atoms with Crippen LogP contribution >= 0.6 is 0 Å². The number of rotatable bonds is 5. The number of hydrogen-bond donors (Lipinski definition) is 0. The molecule has 2 saturated heterocycles. The van der Waals surface area contributed by atoms with E-state index in [0.29, 0.717) is 52.0 Å². The van der Waals surface area contributed by atoms with Crippen molar-refractivity contribution in [2.45, 2.75) is 82.6 Å². The molecule has 0 radical (unpaired) electrons. The second-order valence-electron chi connectivity index (χ2n) is 11.3. The van der Waals surface area contributed by atoms with Gasteiger partial charge in [0.05, 0.1) is 18.8 Å². The standard InChI is InChI=1S/C28H35F2N5O3/c29-28(30)10-8-20(9-11-28)14-26(36)32-12-13-34-24(18-32)15-25(31-34)35-22-6-7-23(35)17-33(16-22)27(37)38-19-21-4-2-1-3-5-21/h1-5,15,20,22-23H,6-14,16-19H2. The average Bonchev–Trinajstić information content (AvgIpc) is 3.45. The van der Waals surface area contributed by atoms with E-state index in [2.05, 4.69) is 11.0 Å². The molecule has 204 valence electrons. The lowest BCUT2D eigenvalue weighted by molar-refractivity contribution is -0.135. The van der Waals surface area contributed by atoms with E-state index in [-0.39, 0.29) is 49.5 Å². The highest BCUT2D eigenvalue weighted by atomic mass is 19.3. The van der Waals surface area contributed by atoms with Gasteiger partial charge in [0, 0.05) is 57.0 Å². The Morgan fingerprint density at radius 2 is 1.68 bits per heavy atom. The van der Waals surface area contributed by atoms with E-state index in [4.69, 9.17) is 9.84 Å². The predicted octanol–water partition coefficient (Wildman–Crippen LogP) is 4.43. The molecule has 2 unspecified atom stereocenters. The summed E-state index contributed by atoms with van der Waals surface area (Å²) >= 11 is 0. The molecule has 1 aromatic heterocycles. The van der Waals surface area contributed by atoms with Gasteiger partial charge in [0.25, 0.3) is 0 Å². The van der Waals surface area contributed by atoms with Crippen molar-refractivity contribution in [1.29, 1.82) is 0 Å². The number of aromatic nitrogens is 2. The van der Waals surface area contributed by atoms with Crippen molar-refractivity contribution in [2.24, 2.45) is 5.92 Å². The zero-order valence-corrected chi connectivity index (χ0v) is 21.6. The van der Waals surface area contributed by atoms with E-state index in [9.17, 15) is 18.4 Å². The summed E-state index contributed by atoms with van der Waals surface area (Å²) in [6.07, 6.45) is 2.70. The Balaban J connectivity index is 1.04. The van der Waals surface area contributed by atoms with Crippen LogP contribution in [-0.4, -0.2) is 69.2 Å². The minimum atomic E-state index is -2.57. The van der Waals surface area contributed by atoms with Crippen LogP contribution < -0.4 is 4.90 Å². The number of likely N-dealkylation sites (tertiary alicyclic amines) is 1. The van der Waals surface area contributed by atoms with Crippen LogP contribution in [0.4, 0.5) is 19.4 Å². The molecule has 2 amide bonds. The fraction of sp³-hybridized carbons (Fsp3) is 0.607. The fourth-order valence-corrected chi connectivity index (χ4v) is 6.51. The number of nitrogens with zero attached hydrogens (tertiary/aromatic N) is 5. The number of piperazine rings is 1. The zero-order valence-electron chi connectivity index (χ0n) is 21.6. The number of hydrogen-bond acceptors (Lipinski definition) is 5. The first-order valence-corrected chi connectivity index (χ1v) is 13.8. The number of carbonyl (C=O) groups is 2. The molecule has 4 heterocycles. The molecular formula is C28H35F2N5O3. The topological polar surface area (TPSA) is 70.9 Å². The van der Waals surface area contributed by atoms with Crippen LogP contribution in [0.1, 0.15) is 56.2 Å². The maximum Gasteiger partial charge on any atom is 0.410 e. The van der Waals surface area contributed by atoms with Gasteiger partial charge < -0.3 is 19.4 Å². The second kappa shape index (κ2) is 10.2. The maximum atomic E-state index is 13.5. The second-order valence-corrected chi connectivity index (χ2v) is 11.3. The number of carbonyl (C=O) groups excluding carboxylic acids is 2. The lowest BCUT2D eigenvalue weighted by Crippen LogP contribution is -2.55. The van der Waals surface area contributed by atoms with Crippen molar-refractivity contribution in [3.8, 4) is 0 Å². The van der Waals surface area contributed by atoms with E-state index in [1.165, 1.54) is 0 Å². The average molecular weight is 528 g/mol. The highest BCUT2D eigenvalue weighted by molar-refractivity contribution is 5.76. The summed E-state index contributed by atoms with van der Waals surface area (Å²) in [7, 11) is 0. The quantitative estimate of drug-likeness (QED) is 0.576. The van der Waals surface area contributed by atoms with Gasteiger partial charge in [-0.2, -0.15) is 5.10 Å². The van der Waals surface area contributed by atoms with Crippen molar-refractivity contribution in [3.63, 3.8) is 0 Å². The molecule has 1 saturated carbocycles. The lowest BCUT2D eigenvalue weighted by atomic mass is 9.84. The Morgan fingerprint density at radius 3 is 2.39 bits per heavy atom. The molecule has 0 N–H and O–H groups in total. The predicted molar refractivity (Wildman–Crippen MR) is 137 cm³/mol. The van der Waals surface area contributed by atoms with E-state index in [1.54, 1.807) is 0 Å². The highest BCUT2D eigenvalue weighted by Crippen LogP contribution is 2.38. The third kappa shape index (κ3) is 5.22. The van der Waals surface area contributed by atoms with Crippen LogP contribution in [0.2, 0.25) is 0 Å². The summed E-state index contributed by atoms with van der Waals surface area (Å²) in [5, 5.41) is 4.87. The van der Waals surface area contributed by atoms with Gasteiger partial charge in [-0.1, -0.05) is 30.3 Å². The number of alkyl halides is 2. The number of fused-ring (bicyclic) bond motifs is 3.